The van der Waals surface area contributed by atoms with E-state index < -0.39 is 6.10 Å². The minimum Gasteiger partial charge on any atom is -0.391 e. The number of ether oxygens (including phenoxy) is 2. The molecule has 19 heavy (non-hydrogen) atoms. The Balaban J connectivity index is 1.82. The molecule has 114 valence electrons. The van der Waals surface area contributed by atoms with Gasteiger partial charge >= 0.3 is 0 Å². The van der Waals surface area contributed by atoms with Crippen LogP contribution in [0.5, 0.6) is 0 Å². The van der Waals surface area contributed by atoms with Crippen LogP contribution in [0.25, 0.3) is 0 Å². The van der Waals surface area contributed by atoms with E-state index in [1.54, 1.807) is 6.92 Å². The van der Waals surface area contributed by atoms with Gasteiger partial charge in [-0.3, -0.25) is 0 Å². The zero-order valence-corrected chi connectivity index (χ0v) is 12.8. The summed E-state index contributed by atoms with van der Waals surface area (Å²) in [6.45, 7) is 5.54. The van der Waals surface area contributed by atoms with Crippen LogP contribution in [-0.2, 0) is 9.47 Å². The summed E-state index contributed by atoms with van der Waals surface area (Å²) in [5.41, 5.74) is 0. The number of aliphatic hydroxyl groups is 1. The first-order valence-corrected chi connectivity index (χ1v) is 8.17. The van der Waals surface area contributed by atoms with Gasteiger partial charge in [-0.2, -0.15) is 0 Å². The maximum Gasteiger partial charge on any atom is 0.111 e. The van der Waals surface area contributed by atoms with Gasteiger partial charge in [0.25, 0.3) is 0 Å². The van der Waals surface area contributed by atoms with Crippen LogP contribution in [0, 0.1) is 0 Å². The zero-order chi connectivity index (χ0) is 13.9. The van der Waals surface area contributed by atoms with Gasteiger partial charge in [-0.25, -0.2) is 0 Å². The fourth-order valence-electron chi connectivity index (χ4n) is 2.43. The molecule has 1 aliphatic heterocycles. The Bertz CT molecular complexity index is 200. The smallest absolute Gasteiger partial charge is 0.111 e. The molecule has 3 nitrogen and oxygen atoms in total. The highest BCUT2D eigenvalue weighted by atomic mass is 16.6. The molecule has 0 saturated carbocycles. The zero-order valence-electron chi connectivity index (χ0n) is 12.8. The molecule has 1 fully saturated rings. The highest BCUT2D eigenvalue weighted by molar-refractivity contribution is 4.83. The lowest BCUT2D eigenvalue weighted by molar-refractivity contribution is -0.0440. The maximum absolute atomic E-state index is 9.56. The fraction of sp³-hybridized carbons (Fsp3) is 1.00. The molecule has 1 heterocycles. The van der Waals surface area contributed by atoms with Gasteiger partial charge in [0.1, 0.15) is 12.2 Å². The summed E-state index contributed by atoms with van der Waals surface area (Å²) in [5, 5.41) is 9.56. The molecule has 1 rings (SSSR count). The van der Waals surface area contributed by atoms with Crippen molar-refractivity contribution in [1.82, 2.24) is 0 Å². The van der Waals surface area contributed by atoms with Crippen molar-refractivity contribution in [1.29, 1.82) is 0 Å². The Morgan fingerprint density at radius 2 is 1.58 bits per heavy atom. The number of hydrogen-bond donors (Lipinski definition) is 1. The van der Waals surface area contributed by atoms with Gasteiger partial charge in [0.15, 0.2) is 0 Å². The summed E-state index contributed by atoms with van der Waals surface area (Å²) < 4.78 is 10.9. The van der Waals surface area contributed by atoms with E-state index in [4.69, 9.17) is 9.47 Å². The van der Waals surface area contributed by atoms with Crippen molar-refractivity contribution >= 4 is 0 Å². The summed E-state index contributed by atoms with van der Waals surface area (Å²) in [5.74, 6) is 0. The van der Waals surface area contributed by atoms with Gasteiger partial charge < -0.3 is 14.6 Å². The average molecular weight is 272 g/mol. The van der Waals surface area contributed by atoms with Crippen LogP contribution in [0.2, 0.25) is 0 Å². The van der Waals surface area contributed by atoms with Crippen LogP contribution in [0.15, 0.2) is 0 Å². The van der Waals surface area contributed by atoms with Gasteiger partial charge in [0.05, 0.1) is 12.7 Å². The first-order chi connectivity index (χ1) is 9.25. The van der Waals surface area contributed by atoms with Crippen LogP contribution >= 0.6 is 0 Å². The van der Waals surface area contributed by atoms with Crippen molar-refractivity contribution in [2.45, 2.75) is 89.9 Å². The molecule has 0 aromatic carbocycles. The molecule has 0 aliphatic carbocycles. The standard InChI is InChI=1S/C16H32O3/c1-3-4-5-6-7-8-9-10-11-12-18-16(14(2)17)15-13-19-15/h14-17H,3-13H2,1-2H3. The molecule has 1 saturated heterocycles. The first-order valence-electron chi connectivity index (χ1n) is 8.17. The molecule has 0 radical (unpaired) electrons. The third-order valence-corrected chi connectivity index (χ3v) is 3.76. The van der Waals surface area contributed by atoms with Crippen molar-refractivity contribution in [3.63, 3.8) is 0 Å². The van der Waals surface area contributed by atoms with E-state index >= 15 is 0 Å². The minimum atomic E-state index is -0.425. The topological polar surface area (TPSA) is 42.0 Å². The van der Waals surface area contributed by atoms with Crippen molar-refractivity contribution < 1.29 is 14.6 Å². The van der Waals surface area contributed by atoms with E-state index in [1.807, 2.05) is 0 Å². The van der Waals surface area contributed by atoms with E-state index in [2.05, 4.69) is 6.92 Å². The molecule has 3 atom stereocenters. The van der Waals surface area contributed by atoms with Crippen LogP contribution in [-0.4, -0.2) is 36.6 Å². The number of aliphatic hydroxyl groups excluding tert-OH is 1. The lowest BCUT2D eigenvalue weighted by Gasteiger charge is -2.18. The monoisotopic (exact) mass is 272 g/mol. The molecule has 1 N–H and O–H groups in total. The number of unbranched alkanes of at least 4 members (excludes halogenated alkanes) is 8. The van der Waals surface area contributed by atoms with Crippen molar-refractivity contribution in [2.24, 2.45) is 0 Å². The highest BCUT2D eigenvalue weighted by Crippen LogP contribution is 2.20. The lowest BCUT2D eigenvalue weighted by Crippen LogP contribution is -2.32. The Morgan fingerprint density at radius 3 is 2.05 bits per heavy atom. The molecular formula is C16H32O3. The quantitative estimate of drug-likeness (QED) is 0.411. The van der Waals surface area contributed by atoms with E-state index in [1.165, 1.54) is 51.4 Å². The van der Waals surface area contributed by atoms with Crippen LogP contribution < -0.4 is 0 Å². The normalized spacial score (nSPS) is 21.3. The molecule has 0 bridgehead atoms. The van der Waals surface area contributed by atoms with E-state index in [0.717, 1.165) is 19.6 Å². The third-order valence-electron chi connectivity index (χ3n) is 3.76. The summed E-state index contributed by atoms with van der Waals surface area (Å²) in [6, 6.07) is 0. The second-order valence-electron chi connectivity index (χ2n) is 5.78. The first kappa shape index (κ1) is 16.9. The minimum absolute atomic E-state index is 0.117. The molecule has 0 amide bonds. The molecule has 0 aromatic rings. The average Bonchev–Trinajstić information content (AvgIpc) is 3.20. The molecule has 0 aromatic heterocycles. The van der Waals surface area contributed by atoms with Crippen molar-refractivity contribution in [3.8, 4) is 0 Å². The molecule has 3 unspecified atom stereocenters. The van der Waals surface area contributed by atoms with Gasteiger partial charge in [-0.15, -0.1) is 0 Å². The molecule has 1 aliphatic rings. The maximum atomic E-state index is 9.56. The van der Waals surface area contributed by atoms with Crippen LogP contribution in [0.4, 0.5) is 0 Å². The molecule has 3 heteroatoms. The Hall–Kier alpha value is -0.120. The van der Waals surface area contributed by atoms with Gasteiger partial charge in [0, 0.05) is 6.61 Å². The Labute approximate surface area is 118 Å². The van der Waals surface area contributed by atoms with Crippen molar-refractivity contribution in [2.75, 3.05) is 13.2 Å². The van der Waals surface area contributed by atoms with Gasteiger partial charge in [0.2, 0.25) is 0 Å². The summed E-state index contributed by atoms with van der Waals surface area (Å²) in [7, 11) is 0. The predicted octanol–water partition coefficient (Wildman–Crippen LogP) is 3.68. The SMILES string of the molecule is CCCCCCCCCCCOC(C(C)O)C1CO1. The number of hydrogen-bond acceptors (Lipinski definition) is 3. The largest absolute Gasteiger partial charge is 0.391 e. The van der Waals surface area contributed by atoms with Gasteiger partial charge in [-0.1, -0.05) is 58.3 Å². The summed E-state index contributed by atoms with van der Waals surface area (Å²) in [6.07, 6.45) is 11.5. The second-order valence-corrected chi connectivity index (χ2v) is 5.78. The van der Waals surface area contributed by atoms with Gasteiger partial charge in [-0.05, 0) is 13.3 Å². The molecular weight excluding hydrogens is 240 g/mol. The Kier molecular flexibility index (Phi) is 9.48. The van der Waals surface area contributed by atoms with Crippen LogP contribution in [0.3, 0.4) is 0 Å². The Morgan fingerprint density at radius 1 is 1.05 bits per heavy atom. The number of rotatable bonds is 13. The number of epoxide rings is 1. The summed E-state index contributed by atoms with van der Waals surface area (Å²) in [4.78, 5) is 0. The fourth-order valence-corrected chi connectivity index (χ4v) is 2.43. The second kappa shape index (κ2) is 10.6. The van der Waals surface area contributed by atoms with Crippen LogP contribution in [0.1, 0.15) is 71.6 Å². The molecule has 0 spiro atoms. The lowest BCUT2D eigenvalue weighted by atomic mass is 10.1. The third kappa shape index (κ3) is 8.61. The highest BCUT2D eigenvalue weighted by Gasteiger charge is 2.36. The van der Waals surface area contributed by atoms with E-state index in [-0.39, 0.29) is 12.2 Å². The van der Waals surface area contributed by atoms with E-state index in [9.17, 15) is 5.11 Å². The van der Waals surface area contributed by atoms with Crippen molar-refractivity contribution in [3.05, 3.63) is 0 Å². The summed E-state index contributed by atoms with van der Waals surface area (Å²) >= 11 is 0. The predicted molar refractivity (Wildman–Crippen MR) is 78.4 cm³/mol. The van der Waals surface area contributed by atoms with E-state index in [0.29, 0.717) is 0 Å².